The fourth-order valence-electron chi connectivity index (χ4n) is 1.05. The second-order valence-electron chi connectivity index (χ2n) is 2.81. The van der Waals surface area contributed by atoms with E-state index in [0.29, 0.717) is 6.61 Å². The van der Waals surface area contributed by atoms with E-state index in [1.54, 1.807) is 11.3 Å². The molecule has 0 aliphatic heterocycles. The van der Waals surface area contributed by atoms with Crippen LogP contribution in [0.4, 0.5) is 0 Å². The lowest BCUT2D eigenvalue weighted by Crippen LogP contribution is -2.30. The van der Waals surface area contributed by atoms with Crippen molar-refractivity contribution < 1.29 is 4.74 Å². The third-order valence-corrected chi connectivity index (χ3v) is 2.71. The van der Waals surface area contributed by atoms with Gasteiger partial charge < -0.3 is 4.74 Å². The molecule has 0 spiro atoms. The molecule has 0 fully saturated rings. The molecule has 3 nitrogen and oxygen atoms in total. The third-order valence-electron chi connectivity index (χ3n) is 1.72. The van der Waals surface area contributed by atoms with Crippen molar-refractivity contribution in [3.05, 3.63) is 22.4 Å². The zero-order valence-corrected chi connectivity index (χ0v) is 8.64. The van der Waals surface area contributed by atoms with Crippen LogP contribution in [-0.2, 0) is 4.74 Å². The van der Waals surface area contributed by atoms with E-state index in [0.717, 1.165) is 13.0 Å². The topological polar surface area (TPSA) is 47.3 Å². The Labute approximate surface area is 82.9 Å². The molecule has 1 rings (SSSR count). The maximum absolute atomic E-state index is 5.42. The predicted octanol–water partition coefficient (Wildman–Crippen LogP) is 1.68. The van der Waals surface area contributed by atoms with Gasteiger partial charge >= 0.3 is 0 Å². The van der Waals surface area contributed by atoms with Crippen LogP contribution in [0.5, 0.6) is 0 Å². The van der Waals surface area contributed by atoms with Gasteiger partial charge in [-0.05, 0) is 17.9 Å². The molecule has 0 bridgehead atoms. The van der Waals surface area contributed by atoms with Crippen LogP contribution in [0.2, 0.25) is 0 Å². The van der Waals surface area contributed by atoms with Crippen molar-refractivity contribution in [2.24, 2.45) is 5.84 Å². The summed E-state index contributed by atoms with van der Waals surface area (Å²) in [7, 11) is 0. The van der Waals surface area contributed by atoms with Crippen molar-refractivity contribution in [1.82, 2.24) is 5.43 Å². The monoisotopic (exact) mass is 200 g/mol. The van der Waals surface area contributed by atoms with Gasteiger partial charge in [-0.2, -0.15) is 0 Å². The summed E-state index contributed by atoms with van der Waals surface area (Å²) in [6.07, 6.45) is 1.04. The summed E-state index contributed by atoms with van der Waals surface area (Å²) in [5.74, 6) is 5.42. The van der Waals surface area contributed by atoms with Gasteiger partial charge in [-0.15, -0.1) is 11.3 Å². The summed E-state index contributed by atoms with van der Waals surface area (Å²) in [5, 5.41) is 2.04. The Morgan fingerprint density at radius 2 is 2.54 bits per heavy atom. The van der Waals surface area contributed by atoms with E-state index < -0.39 is 0 Å². The summed E-state index contributed by atoms with van der Waals surface area (Å²) < 4.78 is 5.42. The molecular formula is C9H16N2OS. The van der Waals surface area contributed by atoms with Crippen LogP contribution in [0.25, 0.3) is 0 Å². The summed E-state index contributed by atoms with van der Waals surface area (Å²) in [5.41, 5.74) is 2.75. The summed E-state index contributed by atoms with van der Waals surface area (Å²) in [6, 6.07) is 4.21. The van der Waals surface area contributed by atoms with Gasteiger partial charge in [-0.3, -0.25) is 5.84 Å². The molecule has 0 aromatic carbocycles. The summed E-state index contributed by atoms with van der Waals surface area (Å²) in [6.45, 7) is 3.53. The van der Waals surface area contributed by atoms with Crippen LogP contribution < -0.4 is 11.3 Å². The van der Waals surface area contributed by atoms with Gasteiger partial charge in [0, 0.05) is 11.5 Å². The number of thiophene rings is 1. The summed E-state index contributed by atoms with van der Waals surface area (Å²) >= 11 is 1.69. The molecule has 0 aliphatic carbocycles. The number of rotatable bonds is 6. The smallest absolute Gasteiger partial charge is 0.0786 e. The maximum Gasteiger partial charge on any atom is 0.0786 e. The van der Waals surface area contributed by atoms with Crippen LogP contribution in [0.15, 0.2) is 17.5 Å². The van der Waals surface area contributed by atoms with E-state index in [4.69, 9.17) is 10.6 Å². The second-order valence-corrected chi connectivity index (χ2v) is 3.79. The molecule has 0 aliphatic rings. The SMILES string of the molecule is CCCOCC(NN)c1cccs1. The van der Waals surface area contributed by atoms with Crippen LogP contribution in [0, 0.1) is 0 Å². The van der Waals surface area contributed by atoms with Crippen LogP contribution in [-0.4, -0.2) is 13.2 Å². The van der Waals surface area contributed by atoms with Gasteiger partial charge in [0.05, 0.1) is 12.6 Å². The Balaban J connectivity index is 2.35. The lowest BCUT2D eigenvalue weighted by atomic mass is 10.3. The molecule has 1 atom stereocenters. The fraction of sp³-hybridized carbons (Fsp3) is 0.556. The van der Waals surface area contributed by atoms with Gasteiger partial charge in [-0.25, -0.2) is 5.43 Å². The van der Waals surface area contributed by atoms with Gasteiger partial charge in [-0.1, -0.05) is 13.0 Å². The molecule has 1 aromatic rings. The number of hydrogen-bond acceptors (Lipinski definition) is 4. The molecule has 0 radical (unpaired) electrons. The molecule has 1 heterocycles. The lowest BCUT2D eigenvalue weighted by Gasteiger charge is -2.13. The highest BCUT2D eigenvalue weighted by molar-refractivity contribution is 7.10. The number of nitrogens with one attached hydrogen (secondary N) is 1. The average Bonchev–Trinajstić information content (AvgIpc) is 2.65. The highest BCUT2D eigenvalue weighted by atomic mass is 32.1. The van der Waals surface area contributed by atoms with Gasteiger partial charge in [0.25, 0.3) is 0 Å². The molecule has 3 N–H and O–H groups in total. The molecule has 0 saturated carbocycles. The molecular weight excluding hydrogens is 184 g/mol. The van der Waals surface area contributed by atoms with Crippen molar-refractivity contribution in [2.45, 2.75) is 19.4 Å². The molecule has 1 aromatic heterocycles. The number of hydrogen-bond donors (Lipinski definition) is 2. The van der Waals surface area contributed by atoms with Crippen LogP contribution in [0.3, 0.4) is 0 Å². The number of nitrogens with two attached hydrogens (primary N) is 1. The van der Waals surface area contributed by atoms with Crippen molar-refractivity contribution in [3.8, 4) is 0 Å². The van der Waals surface area contributed by atoms with E-state index in [1.807, 2.05) is 11.4 Å². The Morgan fingerprint density at radius 1 is 1.69 bits per heavy atom. The lowest BCUT2D eigenvalue weighted by molar-refractivity contribution is 0.113. The predicted molar refractivity (Wildman–Crippen MR) is 55.5 cm³/mol. The molecule has 1 unspecified atom stereocenters. The van der Waals surface area contributed by atoms with E-state index in [-0.39, 0.29) is 6.04 Å². The van der Waals surface area contributed by atoms with Gasteiger partial charge in [0.15, 0.2) is 0 Å². The van der Waals surface area contributed by atoms with Crippen molar-refractivity contribution in [3.63, 3.8) is 0 Å². The van der Waals surface area contributed by atoms with Crippen molar-refractivity contribution in [2.75, 3.05) is 13.2 Å². The first kappa shape index (κ1) is 10.7. The third kappa shape index (κ3) is 3.44. The maximum atomic E-state index is 5.42. The first-order valence-electron chi connectivity index (χ1n) is 4.45. The van der Waals surface area contributed by atoms with Gasteiger partial charge in [0.1, 0.15) is 0 Å². The van der Waals surface area contributed by atoms with Crippen LogP contribution in [0.1, 0.15) is 24.3 Å². The minimum absolute atomic E-state index is 0.131. The molecule has 74 valence electrons. The normalized spacial score (nSPS) is 13.1. The van der Waals surface area contributed by atoms with E-state index in [9.17, 15) is 0 Å². The first-order chi connectivity index (χ1) is 6.38. The van der Waals surface area contributed by atoms with Crippen molar-refractivity contribution >= 4 is 11.3 Å². The molecule has 4 heteroatoms. The Kier molecular flexibility index (Phi) is 5.00. The zero-order chi connectivity index (χ0) is 9.52. The zero-order valence-electron chi connectivity index (χ0n) is 7.82. The molecule has 0 saturated heterocycles. The largest absolute Gasteiger partial charge is 0.379 e. The second kappa shape index (κ2) is 6.10. The minimum atomic E-state index is 0.131. The molecule has 0 amide bonds. The highest BCUT2D eigenvalue weighted by Crippen LogP contribution is 2.18. The first-order valence-corrected chi connectivity index (χ1v) is 5.33. The average molecular weight is 200 g/mol. The highest BCUT2D eigenvalue weighted by Gasteiger charge is 2.09. The van der Waals surface area contributed by atoms with E-state index in [1.165, 1.54) is 4.88 Å². The van der Waals surface area contributed by atoms with E-state index in [2.05, 4.69) is 18.4 Å². The van der Waals surface area contributed by atoms with Crippen molar-refractivity contribution in [1.29, 1.82) is 0 Å². The fourth-order valence-corrected chi connectivity index (χ4v) is 1.82. The van der Waals surface area contributed by atoms with Crippen LogP contribution >= 0.6 is 11.3 Å². The quantitative estimate of drug-likeness (QED) is 0.417. The minimum Gasteiger partial charge on any atom is -0.379 e. The number of ether oxygens (including phenoxy) is 1. The Hall–Kier alpha value is -0.420. The Bertz CT molecular complexity index is 213. The van der Waals surface area contributed by atoms with Gasteiger partial charge in [0.2, 0.25) is 0 Å². The standard InChI is InChI=1S/C9H16N2OS/c1-2-5-12-7-8(11-10)9-4-3-6-13-9/h3-4,6,8,11H,2,5,7,10H2,1H3. The summed E-state index contributed by atoms with van der Waals surface area (Å²) in [4.78, 5) is 1.22. The molecule has 13 heavy (non-hydrogen) atoms. The number of hydrazine groups is 1. The Morgan fingerprint density at radius 3 is 3.08 bits per heavy atom. The van der Waals surface area contributed by atoms with E-state index >= 15 is 0 Å².